The standard InChI is InChI=1S/C20H16N4/c1-23-19-11-15(7-8-17(19)13-22)18-6-3-9-24-20(18)16-5-2-4-14(10-16)12-21/h2-11,13,22-23H,1H3. The van der Waals surface area contributed by atoms with Crippen molar-refractivity contribution in [1.82, 2.24) is 4.98 Å². The molecule has 0 saturated heterocycles. The third-order valence-corrected chi connectivity index (χ3v) is 3.86. The van der Waals surface area contributed by atoms with Crippen LogP contribution in [0.4, 0.5) is 5.69 Å². The van der Waals surface area contributed by atoms with E-state index in [1.54, 1.807) is 12.3 Å². The predicted molar refractivity (Wildman–Crippen MR) is 97.3 cm³/mol. The molecule has 0 aliphatic heterocycles. The van der Waals surface area contributed by atoms with Gasteiger partial charge in [0.2, 0.25) is 0 Å². The summed E-state index contributed by atoms with van der Waals surface area (Å²) in [7, 11) is 1.84. The van der Waals surface area contributed by atoms with E-state index in [2.05, 4.69) is 16.4 Å². The van der Waals surface area contributed by atoms with Gasteiger partial charge in [-0.05, 0) is 29.8 Å². The lowest BCUT2D eigenvalue weighted by molar-refractivity contribution is 1.32. The quantitative estimate of drug-likeness (QED) is 0.704. The summed E-state index contributed by atoms with van der Waals surface area (Å²) in [5.41, 5.74) is 6.07. The van der Waals surface area contributed by atoms with Gasteiger partial charge >= 0.3 is 0 Å². The SMILES string of the molecule is CNc1cc(-c2cccnc2-c2cccc(C#N)c2)ccc1C=N. The third kappa shape index (κ3) is 2.88. The number of benzene rings is 2. The van der Waals surface area contributed by atoms with E-state index in [0.29, 0.717) is 5.56 Å². The van der Waals surface area contributed by atoms with Crippen LogP contribution in [0.15, 0.2) is 60.8 Å². The Morgan fingerprint density at radius 3 is 2.71 bits per heavy atom. The molecule has 3 rings (SSSR count). The van der Waals surface area contributed by atoms with Gasteiger partial charge in [-0.25, -0.2) is 0 Å². The van der Waals surface area contributed by atoms with E-state index >= 15 is 0 Å². The highest BCUT2D eigenvalue weighted by Crippen LogP contribution is 2.32. The highest BCUT2D eigenvalue weighted by atomic mass is 14.8. The first-order chi connectivity index (χ1) is 11.8. The van der Waals surface area contributed by atoms with Crippen LogP contribution in [0.25, 0.3) is 22.4 Å². The van der Waals surface area contributed by atoms with Gasteiger partial charge in [0.1, 0.15) is 0 Å². The second kappa shape index (κ2) is 6.76. The van der Waals surface area contributed by atoms with Gasteiger partial charge in [0.15, 0.2) is 0 Å². The number of nitriles is 1. The summed E-state index contributed by atoms with van der Waals surface area (Å²) < 4.78 is 0. The van der Waals surface area contributed by atoms with E-state index in [1.165, 1.54) is 6.21 Å². The Bertz CT molecular complexity index is 938. The minimum absolute atomic E-state index is 0.610. The molecule has 4 heteroatoms. The maximum absolute atomic E-state index is 9.12. The second-order valence-corrected chi connectivity index (χ2v) is 5.29. The summed E-state index contributed by atoms with van der Waals surface area (Å²) in [5, 5.41) is 19.7. The summed E-state index contributed by atoms with van der Waals surface area (Å²) >= 11 is 0. The maximum Gasteiger partial charge on any atom is 0.0991 e. The zero-order chi connectivity index (χ0) is 16.9. The van der Waals surface area contributed by atoms with E-state index in [4.69, 9.17) is 10.7 Å². The number of pyridine rings is 1. The van der Waals surface area contributed by atoms with Gasteiger partial charge in [0, 0.05) is 41.8 Å². The van der Waals surface area contributed by atoms with Crippen molar-refractivity contribution in [1.29, 1.82) is 10.7 Å². The summed E-state index contributed by atoms with van der Waals surface area (Å²) in [4.78, 5) is 4.52. The van der Waals surface area contributed by atoms with Crippen LogP contribution >= 0.6 is 0 Å². The number of aromatic nitrogens is 1. The first-order valence-corrected chi connectivity index (χ1v) is 7.55. The van der Waals surface area contributed by atoms with E-state index in [0.717, 1.165) is 33.6 Å². The number of hydrogen-bond acceptors (Lipinski definition) is 4. The van der Waals surface area contributed by atoms with Gasteiger partial charge in [-0.2, -0.15) is 5.26 Å². The number of rotatable bonds is 4. The van der Waals surface area contributed by atoms with Gasteiger partial charge in [-0.1, -0.05) is 30.3 Å². The molecule has 1 heterocycles. The van der Waals surface area contributed by atoms with Crippen molar-refractivity contribution < 1.29 is 0 Å². The molecular formula is C20H16N4. The van der Waals surface area contributed by atoms with E-state index in [1.807, 2.05) is 55.6 Å². The van der Waals surface area contributed by atoms with Crippen LogP contribution in [0.2, 0.25) is 0 Å². The molecule has 3 aromatic rings. The Labute approximate surface area is 140 Å². The van der Waals surface area contributed by atoms with Crippen molar-refractivity contribution in [2.75, 3.05) is 12.4 Å². The smallest absolute Gasteiger partial charge is 0.0991 e. The highest BCUT2D eigenvalue weighted by molar-refractivity contribution is 5.90. The maximum atomic E-state index is 9.12. The van der Waals surface area contributed by atoms with Crippen molar-refractivity contribution in [3.8, 4) is 28.5 Å². The van der Waals surface area contributed by atoms with Crippen LogP contribution < -0.4 is 5.32 Å². The summed E-state index contributed by atoms with van der Waals surface area (Å²) in [6.07, 6.45) is 3.08. The van der Waals surface area contributed by atoms with Crippen molar-refractivity contribution in [2.45, 2.75) is 0 Å². The molecule has 0 saturated carbocycles. The van der Waals surface area contributed by atoms with Crippen molar-refractivity contribution in [3.63, 3.8) is 0 Å². The topological polar surface area (TPSA) is 72.6 Å². The lowest BCUT2D eigenvalue weighted by atomic mass is 9.97. The Morgan fingerprint density at radius 2 is 1.96 bits per heavy atom. The Balaban J connectivity index is 2.17. The second-order valence-electron chi connectivity index (χ2n) is 5.29. The van der Waals surface area contributed by atoms with Crippen LogP contribution in [0, 0.1) is 16.7 Å². The normalized spacial score (nSPS) is 10.0. The van der Waals surface area contributed by atoms with Crippen molar-refractivity contribution in [3.05, 3.63) is 71.9 Å². The zero-order valence-electron chi connectivity index (χ0n) is 13.2. The Morgan fingerprint density at radius 1 is 1.08 bits per heavy atom. The predicted octanol–water partition coefficient (Wildman–Crippen LogP) is 4.33. The van der Waals surface area contributed by atoms with Crippen LogP contribution in [0.1, 0.15) is 11.1 Å². The van der Waals surface area contributed by atoms with Gasteiger partial charge in [0.05, 0.1) is 17.3 Å². The molecule has 1 aromatic heterocycles. The highest BCUT2D eigenvalue weighted by Gasteiger charge is 2.10. The molecule has 0 amide bonds. The molecule has 0 unspecified atom stereocenters. The fourth-order valence-corrected chi connectivity index (χ4v) is 2.67. The summed E-state index contributed by atoms with van der Waals surface area (Å²) in [5.74, 6) is 0. The van der Waals surface area contributed by atoms with E-state index < -0.39 is 0 Å². The minimum atomic E-state index is 0.610. The molecule has 2 N–H and O–H groups in total. The Kier molecular flexibility index (Phi) is 4.35. The van der Waals surface area contributed by atoms with Crippen LogP contribution in [0.3, 0.4) is 0 Å². The summed E-state index contributed by atoms with van der Waals surface area (Å²) in [6, 6.07) is 19.4. The molecule has 0 aliphatic carbocycles. The average Bonchev–Trinajstić information content (AvgIpc) is 2.67. The fraction of sp³-hybridized carbons (Fsp3) is 0.0500. The third-order valence-electron chi connectivity index (χ3n) is 3.86. The first-order valence-electron chi connectivity index (χ1n) is 7.55. The molecule has 0 fully saturated rings. The van der Waals surface area contributed by atoms with Gasteiger partial charge in [-0.3, -0.25) is 4.98 Å². The largest absolute Gasteiger partial charge is 0.388 e. The average molecular weight is 312 g/mol. The van der Waals surface area contributed by atoms with Crippen molar-refractivity contribution >= 4 is 11.9 Å². The number of anilines is 1. The first kappa shape index (κ1) is 15.4. The van der Waals surface area contributed by atoms with Gasteiger partial charge in [-0.15, -0.1) is 0 Å². The minimum Gasteiger partial charge on any atom is -0.388 e. The zero-order valence-corrected chi connectivity index (χ0v) is 13.2. The van der Waals surface area contributed by atoms with Crippen molar-refractivity contribution in [2.24, 2.45) is 0 Å². The molecule has 0 spiro atoms. The fourth-order valence-electron chi connectivity index (χ4n) is 2.67. The molecular weight excluding hydrogens is 296 g/mol. The number of nitrogens with zero attached hydrogens (tertiary/aromatic N) is 2. The molecule has 0 aliphatic rings. The van der Waals surface area contributed by atoms with E-state index in [-0.39, 0.29) is 0 Å². The van der Waals surface area contributed by atoms with Gasteiger partial charge in [0.25, 0.3) is 0 Å². The van der Waals surface area contributed by atoms with E-state index in [9.17, 15) is 0 Å². The molecule has 116 valence electrons. The molecule has 4 nitrogen and oxygen atoms in total. The molecule has 24 heavy (non-hydrogen) atoms. The lowest BCUT2D eigenvalue weighted by Crippen LogP contribution is -1.96. The van der Waals surface area contributed by atoms with Crippen LogP contribution in [-0.4, -0.2) is 18.2 Å². The molecule has 0 radical (unpaired) electrons. The van der Waals surface area contributed by atoms with Crippen LogP contribution in [-0.2, 0) is 0 Å². The lowest BCUT2D eigenvalue weighted by Gasteiger charge is -2.12. The molecule has 2 aromatic carbocycles. The molecule has 0 atom stereocenters. The number of hydrogen-bond donors (Lipinski definition) is 2. The monoisotopic (exact) mass is 312 g/mol. The Hall–Kier alpha value is -3.45. The van der Waals surface area contributed by atoms with Gasteiger partial charge < -0.3 is 10.7 Å². The molecule has 0 bridgehead atoms. The summed E-state index contributed by atoms with van der Waals surface area (Å²) in [6.45, 7) is 0. The van der Waals surface area contributed by atoms with Crippen LogP contribution in [0.5, 0.6) is 0 Å². The number of nitrogens with one attached hydrogen (secondary N) is 2.